The van der Waals surface area contributed by atoms with Crippen molar-refractivity contribution in [2.75, 3.05) is 6.54 Å². The normalized spacial score (nSPS) is 24.1. The van der Waals surface area contributed by atoms with E-state index in [9.17, 15) is 18.8 Å². The lowest BCUT2D eigenvalue weighted by molar-refractivity contribution is -0.147. The Morgan fingerprint density at radius 1 is 1.23 bits per heavy atom. The maximum absolute atomic E-state index is 14.0. The Labute approximate surface area is 152 Å². The number of rotatable bonds is 6. The minimum Gasteiger partial charge on any atom is -0.335 e. The van der Waals surface area contributed by atoms with Crippen LogP contribution in [-0.4, -0.2) is 46.1 Å². The first kappa shape index (κ1) is 17.2. The smallest absolute Gasteiger partial charge is 0.243 e. The minimum absolute atomic E-state index is 0.0747. The molecule has 5 nitrogen and oxygen atoms in total. The van der Waals surface area contributed by atoms with Gasteiger partial charge in [0.25, 0.3) is 0 Å². The van der Waals surface area contributed by atoms with Crippen molar-refractivity contribution in [2.24, 2.45) is 5.92 Å². The third-order valence-electron chi connectivity index (χ3n) is 5.79. The average Bonchev–Trinajstić information content (AvgIpc) is 3.51. The van der Waals surface area contributed by atoms with Crippen LogP contribution in [0.5, 0.6) is 0 Å². The minimum atomic E-state index is -0.827. The molecule has 2 unspecified atom stereocenters. The number of carbonyl (C=O) groups excluding carboxylic acids is 3. The van der Waals surface area contributed by atoms with E-state index in [2.05, 4.69) is 6.92 Å². The Balaban J connectivity index is 1.49. The van der Waals surface area contributed by atoms with Crippen LogP contribution in [0.15, 0.2) is 24.3 Å². The summed E-state index contributed by atoms with van der Waals surface area (Å²) in [7, 11) is 0. The molecule has 2 saturated carbocycles. The fourth-order valence-electron chi connectivity index (χ4n) is 3.99. The van der Waals surface area contributed by atoms with E-state index < -0.39 is 23.5 Å². The molecule has 0 bridgehead atoms. The zero-order valence-electron chi connectivity index (χ0n) is 14.9. The van der Waals surface area contributed by atoms with Crippen LogP contribution in [0.3, 0.4) is 0 Å². The average molecular weight is 358 g/mol. The first-order chi connectivity index (χ1) is 12.5. The fourth-order valence-corrected chi connectivity index (χ4v) is 3.99. The van der Waals surface area contributed by atoms with Crippen LogP contribution in [0.2, 0.25) is 0 Å². The van der Waals surface area contributed by atoms with Gasteiger partial charge in [-0.05, 0) is 44.6 Å². The third-order valence-corrected chi connectivity index (χ3v) is 5.79. The molecule has 3 amide bonds. The topological polar surface area (TPSA) is 57.7 Å². The molecule has 26 heavy (non-hydrogen) atoms. The Bertz CT molecular complexity index is 757. The summed E-state index contributed by atoms with van der Waals surface area (Å²) < 4.78 is 14.0. The van der Waals surface area contributed by atoms with E-state index in [0.717, 1.165) is 30.6 Å². The molecule has 4 rings (SSSR count). The zero-order valence-corrected chi connectivity index (χ0v) is 14.9. The monoisotopic (exact) mass is 358 g/mol. The molecule has 1 aromatic rings. The van der Waals surface area contributed by atoms with Gasteiger partial charge in [-0.15, -0.1) is 0 Å². The van der Waals surface area contributed by atoms with Crippen LogP contribution in [0.1, 0.15) is 50.5 Å². The molecular formula is C20H23FN2O3. The number of imide groups is 1. The molecule has 0 N–H and O–H groups in total. The Hall–Kier alpha value is -2.24. The van der Waals surface area contributed by atoms with Crippen molar-refractivity contribution in [3.05, 3.63) is 35.6 Å². The highest BCUT2D eigenvalue weighted by atomic mass is 19.1. The van der Waals surface area contributed by atoms with Crippen LogP contribution >= 0.6 is 0 Å². The molecule has 0 spiro atoms. The number of hydrogen-bond acceptors (Lipinski definition) is 3. The predicted octanol–water partition coefficient (Wildman–Crippen LogP) is 2.46. The number of benzene rings is 1. The summed E-state index contributed by atoms with van der Waals surface area (Å²) in [5.74, 6) is -1.81. The van der Waals surface area contributed by atoms with Crippen LogP contribution < -0.4 is 0 Å². The molecule has 0 radical (unpaired) electrons. The van der Waals surface area contributed by atoms with E-state index in [1.165, 1.54) is 12.1 Å². The number of carbonyl (C=O) groups is 3. The van der Waals surface area contributed by atoms with E-state index in [-0.39, 0.29) is 36.5 Å². The highest BCUT2D eigenvalue weighted by molar-refractivity contribution is 6.08. The van der Waals surface area contributed by atoms with Gasteiger partial charge in [0.05, 0.1) is 5.92 Å². The lowest BCUT2D eigenvalue weighted by Crippen LogP contribution is -2.48. The molecule has 0 aromatic heterocycles. The van der Waals surface area contributed by atoms with E-state index in [4.69, 9.17) is 0 Å². The van der Waals surface area contributed by atoms with Gasteiger partial charge in [0.1, 0.15) is 12.4 Å². The van der Waals surface area contributed by atoms with Gasteiger partial charge in [-0.25, -0.2) is 4.39 Å². The number of hydrogen-bond donors (Lipinski definition) is 0. The lowest BCUT2D eigenvalue weighted by Gasteiger charge is -2.31. The lowest BCUT2D eigenvalue weighted by atomic mass is 9.97. The van der Waals surface area contributed by atoms with Crippen LogP contribution in [0.4, 0.5) is 4.39 Å². The Morgan fingerprint density at radius 2 is 1.92 bits per heavy atom. The molecule has 1 aliphatic heterocycles. The second-order valence-electron chi connectivity index (χ2n) is 7.71. The highest BCUT2D eigenvalue weighted by Crippen LogP contribution is 2.40. The first-order valence-electron chi connectivity index (χ1n) is 9.37. The maximum atomic E-state index is 14.0. The Morgan fingerprint density at radius 3 is 2.54 bits per heavy atom. The van der Waals surface area contributed by atoms with E-state index in [1.807, 2.05) is 4.90 Å². The van der Waals surface area contributed by atoms with Crippen LogP contribution in [0.25, 0.3) is 0 Å². The fraction of sp³-hybridized carbons (Fsp3) is 0.550. The van der Waals surface area contributed by atoms with Gasteiger partial charge in [0.2, 0.25) is 17.7 Å². The quantitative estimate of drug-likeness (QED) is 0.734. The molecule has 6 heteroatoms. The van der Waals surface area contributed by atoms with Crippen LogP contribution in [0, 0.1) is 11.7 Å². The molecule has 1 saturated heterocycles. The second-order valence-corrected chi connectivity index (χ2v) is 7.71. The molecule has 2 aliphatic carbocycles. The summed E-state index contributed by atoms with van der Waals surface area (Å²) in [5.41, 5.74) is 0.228. The third kappa shape index (κ3) is 3.13. The summed E-state index contributed by atoms with van der Waals surface area (Å²) in [5, 5.41) is 0. The van der Waals surface area contributed by atoms with E-state index in [0.29, 0.717) is 5.92 Å². The molecular weight excluding hydrogens is 335 g/mol. The molecule has 138 valence electrons. The van der Waals surface area contributed by atoms with Crippen molar-refractivity contribution < 1.29 is 18.8 Å². The largest absolute Gasteiger partial charge is 0.335 e. The maximum Gasteiger partial charge on any atom is 0.243 e. The van der Waals surface area contributed by atoms with Gasteiger partial charge in [0.15, 0.2) is 0 Å². The number of amides is 3. The van der Waals surface area contributed by atoms with Crippen LogP contribution in [-0.2, 0) is 14.4 Å². The zero-order chi connectivity index (χ0) is 18.4. The number of nitrogens with zero attached hydrogens (tertiary/aromatic N) is 2. The predicted molar refractivity (Wildman–Crippen MR) is 92.5 cm³/mol. The van der Waals surface area contributed by atoms with Crippen molar-refractivity contribution in [2.45, 2.75) is 57.0 Å². The standard InChI is InChI=1S/C20H23FN2O3/c1-12(13-6-7-13)23(14-8-9-14)19(25)11-22-18(24)10-16(20(22)26)15-4-2-3-5-17(15)21/h2-5,12-14,16H,6-11H2,1H3. The van der Waals surface area contributed by atoms with Crippen molar-refractivity contribution in [1.29, 1.82) is 0 Å². The summed E-state index contributed by atoms with van der Waals surface area (Å²) in [6, 6.07) is 6.41. The van der Waals surface area contributed by atoms with Gasteiger partial charge in [-0.2, -0.15) is 0 Å². The molecule has 2 atom stereocenters. The van der Waals surface area contributed by atoms with Gasteiger partial charge in [-0.1, -0.05) is 18.2 Å². The summed E-state index contributed by atoms with van der Waals surface area (Å²) >= 11 is 0. The second kappa shape index (κ2) is 6.49. The summed E-state index contributed by atoms with van der Waals surface area (Å²) in [6.45, 7) is 1.83. The molecule has 1 aromatic carbocycles. The van der Waals surface area contributed by atoms with Crippen molar-refractivity contribution in [3.8, 4) is 0 Å². The van der Waals surface area contributed by atoms with Gasteiger partial charge in [0, 0.05) is 24.1 Å². The SMILES string of the molecule is CC(C1CC1)N(C(=O)CN1C(=O)CC(c2ccccc2F)C1=O)C1CC1. The van der Waals surface area contributed by atoms with Crippen molar-refractivity contribution >= 4 is 17.7 Å². The highest BCUT2D eigenvalue weighted by Gasteiger charge is 2.45. The van der Waals surface area contributed by atoms with Gasteiger partial charge >= 0.3 is 0 Å². The van der Waals surface area contributed by atoms with Crippen molar-refractivity contribution in [1.82, 2.24) is 9.80 Å². The number of likely N-dealkylation sites (tertiary alicyclic amines) is 1. The molecule has 1 heterocycles. The number of halogens is 1. The molecule has 3 fully saturated rings. The first-order valence-corrected chi connectivity index (χ1v) is 9.37. The van der Waals surface area contributed by atoms with Crippen molar-refractivity contribution in [3.63, 3.8) is 0 Å². The van der Waals surface area contributed by atoms with E-state index in [1.54, 1.807) is 12.1 Å². The van der Waals surface area contributed by atoms with E-state index >= 15 is 0 Å². The summed E-state index contributed by atoms with van der Waals surface area (Å²) in [6.07, 6.45) is 4.17. The van der Waals surface area contributed by atoms with Gasteiger partial charge in [-0.3, -0.25) is 19.3 Å². The molecule has 3 aliphatic rings. The Kier molecular flexibility index (Phi) is 4.29. The van der Waals surface area contributed by atoms with Gasteiger partial charge < -0.3 is 4.90 Å². The summed E-state index contributed by atoms with van der Waals surface area (Å²) in [4.78, 5) is 40.8.